The number of carbonyl (C=O) groups is 2. The van der Waals surface area contributed by atoms with Gasteiger partial charge in [-0.2, -0.15) is 0 Å². The summed E-state index contributed by atoms with van der Waals surface area (Å²) in [6.45, 7) is 1.12. The molecule has 86 valence electrons. The van der Waals surface area contributed by atoms with Crippen molar-refractivity contribution in [2.75, 3.05) is 6.54 Å². The summed E-state index contributed by atoms with van der Waals surface area (Å²) in [5.41, 5.74) is 0. The lowest BCUT2D eigenvalue weighted by atomic mass is 10.4. The van der Waals surface area contributed by atoms with E-state index in [1.165, 1.54) is 0 Å². The molecule has 0 aliphatic rings. The van der Waals surface area contributed by atoms with Crippen molar-refractivity contribution in [3.8, 4) is 0 Å². The van der Waals surface area contributed by atoms with Crippen LogP contribution < -0.4 is 5.32 Å². The average Bonchev–Trinajstić information content (AvgIpc) is 2.74. The Morgan fingerprint density at radius 2 is 2.25 bits per heavy atom. The Balaban J connectivity index is 2.11. The van der Waals surface area contributed by atoms with Crippen LogP contribution in [-0.4, -0.2) is 38.5 Å². The lowest BCUT2D eigenvalue weighted by molar-refractivity contribution is -0.131. The molecule has 1 amide bonds. The summed E-state index contributed by atoms with van der Waals surface area (Å²) in [5, 5.41) is 18.2. The number of nitrogens with zero attached hydrogens (tertiary/aromatic N) is 3. The molecule has 0 fully saturated rings. The van der Waals surface area contributed by atoms with Gasteiger partial charge in [0.25, 0.3) is 0 Å². The van der Waals surface area contributed by atoms with Crippen molar-refractivity contribution >= 4 is 11.9 Å². The van der Waals surface area contributed by atoms with Gasteiger partial charge in [0.15, 0.2) is 0 Å². The van der Waals surface area contributed by atoms with Gasteiger partial charge in [0.2, 0.25) is 5.91 Å². The van der Waals surface area contributed by atoms with Crippen molar-refractivity contribution in [1.82, 2.24) is 20.3 Å². The molecule has 0 bridgehead atoms. The van der Waals surface area contributed by atoms with Crippen LogP contribution in [0, 0.1) is 0 Å². The predicted octanol–water partition coefficient (Wildman–Crippen LogP) is -0.575. The van der Waals surface area contributed by atoms with Gasteiger partial charge in [-0.25, -0.2) is 4.79 Å². The van der Waals surface area contributed by atoms with Gasteiger partial charge in [0, 0.05) is 31.4 Å². The van der Waals surface area contributed by atoms with Crippen LogP contribution in [0.15, 0.2) is 24.5 Å². The van der Waals surface area contributed by atoms with Gasteiger partial charge in [-0.05, 0) is 6.42 Å². The molecule has 0 spiro atoms. The second kappa shape index (κ2) is 6.33. The van der Waals surface area contributed by atoms with Crippen LogP contribution >= 0.6 is 0 Å². The maximum absolute atomic E-state index is 11.0. The summed E-state index contributed by atoms with van der Waals surface area (Å²) in [5.74, 6) is -1.56. The summed E-state index contributed by atoms with van der Waals surface area (Å²) in [6, 6.07) is 0. The third-order valence-corrected chi connectivity index (χ3v) is 1.71. The van der Waals surface area contributed by atoms with E-state index in [0.29, 0.717) is 19.5 Å². The van der Waals surface area contributed by atoms with Crippen molar-refractivity contribution in [3.63, 3.8) is 0 Å². The first-order valence-electron chi connectivity index (χ1n) is 4.71. The monoisotopic (exact) mass is 224 g/mol. The molecular weight excluding hydrogens is 212 g/mol. The van der Waals surface area contributed by atoms with Crippen LogP contribution in [0.2, 0.25) is 0 Å². The van der Waals surface area contributed by atoms with Gasteiger partial charge in [0.1, 0.15) is 0 Å². The maximum atomic E-state index is 11.0. The van der Waals surface area contributed by atoms with E-state index in [9.17, 15) is 9.59 Å². The predicted molar refractivity (Wildman–Crippen MR) is 54.4 cm³/mol. The third kappa shape index (κ3) is 4.89. The van der Waals surface area contributed by atoms with Gasteiger partial charge in [-0.15, -0.1) is 5.10 Å². The van der Waals surface area contributed by atoms with Crippen molar-refractivity contribution in [2.45, 2.75) is 13.0 Å². The zero-order valence-electron chi connectivity index (χ0n) is 8.54. The van der Waals surface area contributed by atoms with Gasteiger partial charge in [-0.1, -0.05) is 5.21 Å². The molecular formula is C9H12N4O3. The van der Waals surface area contributed by atoms with Gasteiger partial charge < -0.3 is 10.4 Å². The molecule has 0 aliphatic carbocycles. The van der Waals surface area contributed by atoms with Gasteiger partial charge in [0.05, 0.1) is 6.20 Å². The highest BCUT2D eigenvalue weighted by molar-refractivity contribution is 5.93. The van der Waals surface area contributed by atoms with E-state index in [4.69, 9.17) is 5.11 Å². The van der Waals surface area contributed by atoms with Crippen LogP contribution in [0.3, 0.4) is 0 Å². The molecule has 0 aromatic carbocycles. The van der Waals surface area contributed by atoms with Crippen LogP contribution in [-0.2, 0) is 16.1 Å². The number of nitrogens with one attached hydrogen (secondary N) is 1. The Kier molecular flexibility index (Phi) is 4.71. The Morgan fingerprint density at radius 1 is 1.44 bits per heavy atom. The highest BCUT2D eigenvalue weighted by atomic mass is 16.4. The smallest absolute Gasteiger partial charge is 0.328 e. The number of hydrogen-bond donors (Lipinski definition) is 2. The second-order valence-corrected chi connectivity index (χ2v) is 2.98. The molecule has 1 heterocycles. The zero-order chi connectivity index (χ0) is 11.8. The van der Waals surface area contributed by atoms with E-state index < -0.39 is 11.9 Å². The second-order valence-electron chi connectivity index (χ2n) is 2.98. The zero-order valence-corrected chi connectivity index (χ0v) is 8.54. The van der Waals surface area contributed by atoms with E-state index in [1.807, 2.05) is 0 Å². The number of aliphatic carboxylic acids is 1. The highest BCUT2D eigenvalue weighted by Gasteiger charge is 1.96. The number of carboxylic acids is 1. The van der Waals surface area contributed by atoms with Crippen molar-refractivity contribution in [1.29, 1.82) is 0 Å². The molecule has 1 aromatic heterocycles. The number of rotatable bonds is 6. The minimum absolute atomic E-state index is 0.416. The van der Waals surface area contributed by atoms with E-state index in [2.05, 4.69) is 15.6 Å². The summed E-state index contributed by atoms with van der Waals surface area (Å²) in [6.07, 6.45) is 5.79. The molecule has 0 unspecified atom stereocenters. The Bertz CT molecular complexity index is 372. The van der Waals surface area contributed by atoms with Crippen LogP contribution in [0.1, 0.15) is 6.42 Å². The molecule has 7 nitrogen and oxygen atoms in total. The minimum atomic E-state index is -1.14. The number of aromatic nitrogens is 3. The first-order valence-corrected chi connectivity index (χ1v) is 4.71. The standard InChI is InChI=1S/C9H12N4O3/c14-8(2-3-9(15)16)10-4-1-6-13-7-5-11-12-13/h2-3,5,7H,1,4,6H2,(H,10,14)(H,15,16)/b3-2+. The Morgan fingerprint density at radius 3 is 2.88 bits per heavy atom. The van der Waals surface area contributed by atoms with Crippen LogP contribution in [0.5, 0.6) is 0 Å². The van der Waals surface area contributed by atoms with Crippen molar-refractivity contribution < 1.29 is 14.7 Å². The molecule has 0 saturated carbocycles. The van der Waals surface area contributed by atoms with E-state index >= 15 is 0 Å². The van der Waals surface area contributed by atoms with E-state index in [-0.39, 0.29) is 0 Å². The lowest BCUT2D eigenvalue weighted by Crippen LogP contribution is -2.23. The number of carbonyl (C=O) groups excluding carboxylic acids is 1. The normalized spacial score (nSPS) is 10.5. The summed E-state index contributed by atoms with van der Waals surface area (Å²) in [4.78, 5) is 21.1. The molecule has 2 N–H and O–H groups in total. The molecule has 0 radical (unpaired) electrons. The molecule has 1 aromatic rings. The molecule has 0 aliphatic heterocycles. The quantitative estimate of drug-likeness (QED) is 0.498. The van der Waals surface area contributed by atoms with Gasteiger partial charge in [-0.3, -0.25) is 9.48 Å². The summed E-state index contributed by atoms with van der Waals surface area (Å²) < 4.78 is 1.65. The highest BCUT2D eigenvalue weighted by Crippen LogP contribution is 1.85. The van der Waals surface area contributed by atoms with E-state index in [1.54, 1.807) is 17.1 Å². The van der Waals surface area contributed by atoms with Crippen molar-refractivity contribution in [3.05, 3.63) is 24.5 Å². The van der Waals surface area contributed by atoms with Crippen LogP contribution in [0.4, 0.5) is 0 Å². The number of aryl methyl sites for hydroxylation is 1. The van der Waals surface area contributed by atoms with Gasteiger partial charge >= 0.3 is 5.97 Å². The number of carboxylic acid groups (broad SMARTS) is 1. The SMILES string of the molecule is O=C(O)/C=C/C(=O)NCCCn1ccnn1. The average molecular weight is 224 g/mol. The molecule has 1 rings (SSSR count). The van der Waals surface area contributed by atoms with Crippen molar-refractivity contribution in [2.24, 2.45) is 0 Å². The van der Waals surface area contributed by atoms with Crippen LogP contribution in [0.25, 0.3) is 0 Å². The topological polar surface area (TPSA) is 97.1 Å². The third-order valence-electron chi connectivity index (χ3n) is 1.71. The number of hydrogen-bond acceptors (Lipinski definition) is 4. The Hall–Kier alpha value is -2.18. The summed E-state index contributed by atoms with van der Waals surface area (Å²) in [7, 11) is 0. The fourth-order valence-electron chi connectivity index (χ4n) is 1.01. The van der Waals surface area contributed by atoms with E-state index in [0.717, 1.165) is 12.2 Å². The molecule has 0 saturated heterocycles. The number of amides is 1. The fraction of sp³-hybridized carbons (Fsp3) is 0.333. The largest absolute Gasteiger partial charge is 0.478 e. The summed E-state index contributed by atoms with van der Waals surface area (Å²) >= 11 is 0. The molecule has 0 atom stereocenters. The first kappa shape index (κ1) is 11.9. The fourth-order valence-corrected chi connectivity index (χ4v) is 1.01. The lowest BCUT2D eigenvalue weighted by Gasteiger charge is -2.01. The maximum Gasteiger partial charge on any atom is 0.328 e. The molecule has 16 heavy (non-hydrogen) atoms. The first-order chi connectivity index (χ1) is 7.68. The Labute approximate surface area is 91.8 Å². The minimum Gasteiger partial charge on any atom is -0.478 e. The molecule has 7 heteroatoms.